The van der Waals surface area contributed by atoms with Crippen LogP contribution in [0.1, 0.15) is 23.2 Å². The van der Waals surface area contributed by atoms with E-state index in [1.54, 1.807) is 5.32 Å². The van der Waals surface area contributed by atoms with Gasteiger partial charge < -0.3 is 14.8 Å². The molecule has 0 bridgehead atoms. The van der Waals surface area contributed by atoms with Gasteiger partial charge in [0.2, 0.25) is 10.0 Å². The van der Waals surface area contributed by atoms with Crippen LogP contribution in [-0.4, -0.2) is 52.8 Å². The van der Waals surface area contributed by atoms with Gasteiger partial charge in [0.1, 0.15) is 17.2 Å². The second-order valence-corrected chi connectivity index (χ2v) is 7.41. The molecule has 1 aromatic carbocycles. The molecule has 2 rings (SSSR count). The van der Waals surface area contributed by atoms with Crippen molar-refractivity contribution >= 4 is 21.9 Å². The van der Waals surface area contributed by atoms with Crippen molar-refractivity contribution in [3.05, 3.63) is 23.8 Å². The highest BCUT2D eigenvalue weighted by Gasteiger charge is 2.31. The number of hydrogen-bond donors (Lipinski definition) is 2. The van der Waals surface area contributed by atoms with Crippen LogP contribution in [0.25, 0.3) is 0 Å². The Morgan fingerprint density at radius 2 is 1.93 bits per heavy atom. The molecule has 0 heterocycles. The molecule has 0 radical (unpaired) electrons. The van der Waals surface area contributed by atoms with Crippen molar-refractivity contribution in [2.24, 2.45) is 0 Å². The number of ether oxygens (including phenoxy) is 2. The fourth-order valence-electron chi connectivity index (χ4n) is 1.96. The number of benzene rings is 1. The minimum atomic E-state index is -4.59. The Bertz CT molecular complexity index is 821. The van der Waals surface area contributed by atoms with E-state index in [-0.39, 0.29) is 22.3 Å². The molecule has 8 nitrogen and oxygen atoms in total. The fraction of sp³-hybridized carbons (Fsp3) is 0.467. The second-order valence-electron chi connectivity index (χ2n) is 5.73. The number of rotatable bonds is 8. The third-order valence-corrected chi connectivity index (χ3v) is 4.95. The van der Waals surface area contributed by atoms with E-state index in [9.17, 15) is 31.2 Å². The largest absolute Gasteiger partial charge is 0.495 e. The zero-order valence-electron chi connectivity index (χ0n) is 14.1. The molecule has 0 aromatic heterocycles. The number of amides is 1. The lowest BCUT2D eigenvalue weighted by Crippen LogP contribution is -2.36. The summed E-state index contributed by atoms with van der Waals surface area (Å²) in [5.41, 5.74) is -0.199. The topological polar surface area (TPSA) is 111 Å². The third kappa shape index (κ3) is 6.40. The van der Waals surface area contributed by atoms with Gasteiger partial charge in [0.15, 0.2) is 6.61 Å². The molecule has 1 aliphatic rings. The molecule has 1 amide bonds. The van der Waals surface area contributed by atoms with Crippen molar-refractivity contribution in [3.63, 3.8) is 0 Å². The molecule has 0 unspecified atom stereocenters. The minimum Gasteiger partial charge on any atom is -0.495 e. The van der Waals surface area contributed by atoms with Crippen molar-refractivity contribution < 1.29 is 40.7 Å². The molecular weight excluding hydrogens is 393 g/mol. The Labute approximate surface area is 153 Å². The molecule has 2 N–H and O–H groups in total. The van der Waals surface area contributed by atoms with Crippen molar-refractivity contribution in [3.8, 4) is 5.75 Å². The van der Waals surface area contributed by atoms with Gasteiger partial charge in [-0.05, 0) is 31.0 Å². The van der Waals surface area contributed by atoms with E-state index in [4.69, 9.17) is 4.74 Å². The fourth-order valence-corrected chi connectivity index (χ4v) is 3.46. The quantitative estimate of drug-likeness (QED) is 0.618. The number of carbonyl (C=O) groups is 2. The molecule has 0 atom stereocenters. The molecular formula is C15H17F3N2O6S. The number of esters is 1. The molecule has 1 fully saturated rings. The molecule has 0 aliphatic heterocycles. The molecule has 27 heavy (non-hydrogen) atoms. The lowest BCUT2D eigenvalue weighted by molar-refractivity contribution is -0.140. The minimum absolute atomic E-state index is 0.00243. The average molecular weight is 410 g/mol. The van der Waals surface area contributed by atoms with Gasteiger partial charge in [-0.25, -0.2) is 17.9 Å². The SMILES string of the molecule is COc1ccc(C(=O)OCC(=O)NCC(F)(F)F)cc1S(=O)(=O)NC1CC1. The van der Waals surface area contributed by atoms with Crippen molar-refractivity contribution in [1.29, 1.82) is 0 Å². The highest BCUT2D eigenvalue weighted by atomic mass is 32.2. The first kappa shape index (κ1) is 21.0. The van der Waals surface area contributed by atoms with Crippen LogP contribution < -0.4 is 14.8 Å². The number of alkyl halides is 3. The molecule has 0 saturated heterocycles. The van der Waals surface area contributed by atoms with Gasteiger partial charge in [0, 0.05) is 6.04 Å². The van der Waals surface area contributed by atoms with Gasteiger partial charge in [0.25, 0.3) is 5.91 Å². The Balaban J connectivity index is 2.06. The summed E-state index contributed by atoms with van der Waals surface area (Å²) in [5.74, 6) is -2.21. The molecule has 0 spiro atoms. The van der Waals surface area contributed by atoms with Crippen LogP contribution in [0.15, 0.2) is 23.1 Å². The van der Waals surface area contributed by atoms with Crippen LogP contribution in [0, 0.1) is 0 Å². The van der Waals surface area contributed by atoms with E-state index < -0.39 is 41.2 Å². The number of sulfonamides is 1. The van der Waals surface area contributed by atoms with Gasteiger partial charge in [0.05, 0.1) is 12.7 Å². The Morgan fingerprint density at radius 1 is 1.26 bits per heavy atom. The first-order valence-electron chi connectivity index (χ1n) is 7.73. The van der Waals surface area contributed by atoms with Gasteiger partial charge in [-0.15, -0.1) is 0 Å². The first-order chi connectivity index (χ1) is 12.5. The maximum absolute atomic E-state index is 12.4. The van der Waals surface area contributed by atoms with Crippen LogP contribution >= 0.6 is 0 Å². The van der Waals surface area contributed by atoms with E-state index in [1.807, 2.05) is 0 Å². The van der Waals surface area contributed by atoms with Crippen molar-refractivity contribution in [2.45, 2.75) is 30.0 Å². The summed E-state index contributed by atoms with van der Waals surface area (Å²) < 4.78 is 72.8. The summed E-state index contributed by atoms with van der Waals surface area (Å²) >= 11 is 0. The Hall–Kier alpha value is -2.34. The summed E-state index contributed by atoms with van der Waals surface area (Å²) in [6.07, 6.45) is -3.18. The lowest BCUT2D eigenvalue weighted by Gasteiger charge is -2.12. The third-order valence-electron chi connectivity index (χ3n) is 3.41. The van der Waals surface area contributed by atoms with Gasteiger partial charge in [-0.3, -0.25) is 4.79 Å². The van der Waals surface area contributed by atoms with Crippen LogP contribution in [0.2, 0.25) is 0 Å². The summed E-state index contributed by atoms with van der Waals surface area (Å²) in [7, 11) is -2.68. The molecule has 1 aromatic rings. The summed E-state index contributed by atoms with van der Waals surface area (Å²) in [6, 6.07) is 3.29. The highest BCUT2D eigenvalue weighted by molar-refractivity contribution is 7.89. The van der Waals surface area contributed by atoms with E-state index in [1.165, 1.54) is 19.2 Å². The number of hydrogen-bond acceptors (Lipinski definition) is 6. The van der Waals surface area contributed by atoms with E-state index in [2.05, 4.69) is 9.46 Å². The summed E-state index contributed by atoms with van der Waals surface area (Å²) in [6.45, 7) is -2.50. The highest BCUT2D eigenvalue weighted by Crippen LogP contribution is 2.28. The second kappa shape index (κ2) is 8.13. The van der Waals surface area contributed by atoms with Crippen LogP contribution in [-0.2, 0) is 19.6 Å². The van der Waals surface area contributed by atoms with Crippen LogP contribution in [0.4, 0.5) is 13.2 Å². The smallest absolute Gasteiger partial charge is 0.405 e. The van der Waals surface area contributed by atoms with Gasteiger partial charge >= 0.3 is 12.1 Å². The zero-order valence-corrected chi connectivity index (χ0v) is 14.9. The molecule has 1 saturated carbocycles. The zero-order chi connectivity index (χ0) is 20.2. The number of carbonyl (C=O) groups excluding carboxylic acids is 2. The standard InChI is InChI=1S/C15H17F3N2O6S/c1-25-11-5-2-9(6-12(11)27(23,24)20-10-3-4-10)14(22)26-7-13(21)19-8-15(16,17)18/h2,5-6,10,20H,3-4,7-8H2,1H3,(H,19,21). The summed E-state index contributed by atoms with van der Waals surface area (Å²) in [4.78, 5) is 23.0. The lowest BCUT2D eigenvalue weighted by atomic mass is 10.2. The number of nitrogens with one attached hydrogen (secondary N) is 2. The van der Waals surface area contributed by atoms with Crippen LogP contribution in [0.5, 0.6) is 5.75 Å². The normalized spacial score (nSPS) is 14.5. The predicted molar refractivity (Wildman–Crippen MR) is 85.7 cm³/mol. The average Bonchev–Trinajstić information content (AvgIpc) is 3.39. The molecule has 1 aliphatic carbocycles. The van der Waals surface area contributed by atoms with E-state index in [0.29, 0.717) is 12.8 Å². The van der Waals surface area contributed by atoms with Crippen molar-refractivity contribution in [2.75, 3.05) is 20.3 Å². The van der Waals surface area contributed by atoms with Gasteiger partial charge in [-0.2, -0.15) is 13.2 Å². The first-order valence-corrected chi connectivity index (χ1v) is 9.21. The molecule has 150 valence electrons. The number of methoxy groups -OCH3 is 1. The monoisotopic (exact) mass is 410 g/mol. The van der Waals surface area contributed by atoms with Crippen LogP contribution in [0.3, 0.4) is 0 Å². The Morgan fingerprint density at radius 3 is 2.48 bits per heavy atom. The summed E-state index contributed by atoms with van der Waals surface area (Å²) in [5, 5.41) is 1.54. The number of halogens is 3. The predicted octanol–water partition coefficient (Wildman–Crippen LogP) is 0.971. The maximum atomic E-state index is 12.4. The van der Waals surface area contributed by atoms with Gasteiger partial charge in [-0.1, -0.05) is 0 Å². The van der Waals surface area contributed by atoms with E-state index >= 15 is 0 Å². The Kier molecular flexibility index (Phi) is 6.31. The van der Waals surface area contributed by atoms with E-state index in [0.717, 1.165) is 6.07 Å². The van der Waals surface area contributed by atoms with Crippen molar-refractivity contribution in [1.82, 2.24) is 10.0 Å². The maximum Gasteiger partial charge on any atom is 0.405 e. The molecule has 12 heteroatoms.